The Hall–Kier alpha value is -1.85. The van der Waals surface area contributed by atoms with Gasteiger partial charge in [0.15, 0.2) is 0 Å². The van der Waals surface area contributed by atoms with Crippen molar-refractivity contribution in [2.45, 2.75) is 19.4 Å². The van der Waals surface area contributed by atoms with Crippen LogP contribution in [0.3, 0.4) is 0 Å². The first-order valence-corrected chi connectivity index (χ1v) is 5.18. The van der Waals surface area contributed by atoms with Crippen LogP contribution in [0, 0.1) is 6.92 Å². The van der Waals surface area contributed by atoms with Crippen molar-refractivity contribution < 1.29 is 9.90 Å². The molecule has 6 heteroatoms. The van der Waals surface area contributed by atoms with Crippen LogP contribution in [0.2, 0.25) is 0 Å². The van der Waals surface area contributed by atoms with Gasteiger partial charge in [0.05, 0.1) is 18.1 Å². The monoisotopic (exact) mass is 222 g/mol. The van der Waals surface area contributed by atoms with Crippen LogP contribution in [0.1, 0.15) is 12.1 Å². The first kappa shape index (κ1) is 10.7. The zero-order chi connectivity index (χ0) is 11.5. The number of likely N-dealkylation sites (tertiary alicyclic amines) is 1. The van der Waals surface area contributed by atoms with E-state index in [1.807, 2.05) is 6.92 Å². The van der Waals surface area contributed by atoms with E-state index in [9.17, 15) is 4.79 Å². The normalized spacial score (nSPS) is 19.8. The van der Waals surface area contributed by atoms with Crippen LogP contribution in [0.15, 0.2) is 12.4 Å². The van der Waals surface area contributed by atoms with Gasteiger partial charge in [-0.2, -0.15) is 0 Å². The molecule has 1 saturated heterocycles. The van der Waals surface area contributed by atoms with E-state index in [1.54, 1.807) is 12.4 Å². The SMILES string of the molecule is Cc1cnc(NC2CCN(C(=O)O)C2)cn1. The molecule has 1 aliphatic rings. The second-order valence-corrected chi connectivity index (χ2v) is 3.90. The van der Waals surface area contributed by atoms with Gasteiger partial charge in [-0.05, 0) is 13.3 Å². The molecular formula is C10H14N4O2. The third-order valence-corrected chi connectivity index (χ3v) is 2.59. The maximum absolute atomic E-state index is 10.7. The summed E-state index contributed by atoms with van der Waals surface area (Å²) in [6.07, 6.45) is 3.30. The van der Waals surface area contributed by atoms with Crippen LogP contribution in [-0.4, -0.2) is 45.2 Å². The first-order chi connectivity index (χ1) is 7.65. The fourth-order valence-electron chi connectivity index (χ4n) is 1.73. The molecule has 1 aromatic rings. The van der Waals surface area contributed by atoms with E-state index in [2.05, 4.69) is 15.3 Å². The highest BCUT2D eigenvalue weighted by Gasteiger charge is 2.25. The summed E-state index contributed by atoms with van der Waals surface area (Å²) in [7, 11) is 0. The number of nitrogens with one attached hydrogen (secondary N) is 1. The second-order valence-electron chi connectivity index (χ2n) is 3.90. The quantitative estimate of drug-likeness (QED) is 0.778. The molecule has 1 unspecified atom stereocenters. The van der Waals surface area contributed by atoms with Gasteiger partial charge < -0.3 is 15.3 Å². The molecule has 0 saturated carbocycles. The highest BCUT2D eigenvalue weighted by molar-refractivity contribution is 5.65. The van der Waals surface area contributed by atoms with Crippen LogP contribution >= 0.6 is 0 Å². The van der Waals surface area contributed by atoms with E-state index in [4.69, 9.17) is 5.11 Å². The number of anilines is 1. The highest BCUT2D eigenvalue weighted by atomic mass is 16.4. The lowest BCUT2D eigenvalue weighted by Crippen LogP contribution is -2.30. The van der Waals surface area contributed by atoms with Crippen molar-refractivity contribution in [2.75, 3.05) is 18.4 Å². The lowest BCUT2D eigenvalue weighted by molar-refractivity contribution is 0.155. The molecular weight excluding hydrogens is 208 g/mol. The Morgan fingerprint density at radius 2 is 2.38 bits per heavy atom. The molecule has 0 spiro atoms. The van der Waals surface area contributed by atoms with Gasteiger partial charge in [-0.25, -0.2) is 9.78 Å². The maximum atomic E-state index is 10.7. The molecule has 2 heterocycles. The van der Waals surface area contributed by atoms with E-state index < -0.39 is 6.09 Å². The molecule has 1 atom stereocenters. The first-order valence-electron chi connectivity index (χ1n) is 5.18. The smallest absolute Gasteiger partial charge is 0.407 e. The topological polar surface area (TPSA) is 78.4 Å². The predicted octanol–water partition coefficient (Wildman–Crippen LogP) is 0.949. The van der Waals surface area contributed by atoms with E-state index >= 15 is 0 Å². The number of nitrogens with zero attached hydrogens (tertiary/aromatic N) is 3. The number of hydrogen-bond donors (Lipinski definition) is 2. The Balaban J connectivity index is 1.92. The van der Waals surface area contributed by atoms with Crippen molar-refractivity contribution in [3.8, 4) is 0 Å². The molecule has 0 aliphatic carbocycles. The molecule has 1 aromatic heterocycles. The molecule has 1 fully saturated rings. The summed E-state index contributed by atoms with van der Waals surface area (Å²) in [5.41, 5.74) is 0.865. The standard InChI is InChI=1S/C10H14N4O2/c1-7-4-12-9(5-11-7)13-8-2-3-14(6-8)10(15)16/h4-5,8H,2-3,6H2,1H3,(H,12,13)(H,15,16). The summed E-state index contributed by atoms with van der Waals surface area (Å²) in [6.45, 7) is 2.95. The van der Waals surface area contributed by atoms with E-state index in [1.165, 1.54) is 4.90 Å². The van der Waals surface area contributed by atoms with Gasteiger partial charge in [-0.3, -0.25) is 4.98 Å². The molecule has 1 aliphatic heterocycles. The molecule has 6 nitrogen and oxygen atoms in total. The molecule has 86 valence electrons. The fraction of sp³-hybridized carbons (Fsp3) is 0.500. The Labute approximate surface area is 93.3 Å². The summed E-state index contributed by atoms with van der Waals surface area (Å²) < 4.78 is 0. The van der Waals surface area contributed by atoms with E-state index in [0.717, 1.165) is 12.1 Å². The minimum absolute atomic E-state index is 0.133. The number of carboxylic acid groups (broad SMARTS) is 1. The van der Waals surface area contributed by atoms with Gasteiger partial charge in [0.2, 0.25) is 0 Å². The van der Waals surface area contributed by atoms with Gasteiger partial charge >= 0.3 is 6.09 Å². The summed E-state index contributed by atoms with van der Waals surface area (Å²) in [4.78, 5) is 20.4. The van der Waals surface area contributed by atoms with Crippen LogP contribution in [-0.2, 0) is 0 Å². The second kappa shape index (κ2) is 4.34. The zero-order valence-electron chi connectivity index (χ0n) is 9.05. The lowest BCUT2D eigenvalue weighted by Gasteiger charge is -2.13. The van der Waals surface area contributed by atoms with Gasteiger partial charge in [-0.1, -0.05) is 0 Å². The average Bonchev–Trinajstić information content (AvgIpc) is 2.70. The Bertz CT molecular complexity index is 379. The number of aromatic nitrogens is 2. The van der Waals surface area contributed by atoms with Crippen molar-refractivity contribution >= 4 is 11.9 Å². The average molecular weight is 222 g/mol. The van der Waals surface area contributed by atoms with Crippen molar-refractivity contribution in [2.24, 2.45) is 0 Å². The zero-order valence-corrected chi connectivity index (χ0v) is 9.05. The Morgan fingerprint density at radius 1 is 1.56 bits per heavy atom. The third kappa shape index (κ3) is 2.39. The molecule has 2 rings (SSSR count). The fourth-order valence-corrected chi connectivity index (χ4v) is 1.73. The Kier molecular flexibility index (Phi) is 2.89. The minimum Gasteiger partial charge on any atom is -0.465 e. The van der Waals surface area contributed by atoms with Crippen molar-refractivity contribution in [1.29, 1.82) is 0 Å². The van der Waals surface area contributed by atoms with E-state index in [-0.39, 0.29) is 6.04 Å². The summed E-state index contributed by atoms with van der Waals surface area (Å²) >= 11 is 0. The number of hydrogen-bond acceptors (Lipinski definition) is 4. The van der Waals surface area contributed by atoms with Gasteiger partial charge in [0.1, 0.15) is 5.82 Å². The number of carbonyl (C=O) groups is 1. The number of amides is 1. The molecule has 2 N–H and O–H groups in total. The predicted molar refractivity (Wildman–Crippen MR) is 58.4 cm³/mol. The summed E-state index contributed by atoms with van der Waals surface area (Å²) in [5, 5.41) is 12.0. The van der Waals surface area contributed by atoms with Crippen LogP contribution in [0.5, 0.6) is 0 Å². The minimum atomic E-state index is -0.862. The third-order valence-electron chi connectivity index (χ3n) is 2.59. The molecule has 0 aromatic carbocycles. The van der Waals surface area contributed by atoms with Crippen molar-refractivity contribution in [3.05, 3.63) is 18.1 Å². The van der Waals surface area contributed by atoms with Crippen molar-refractivity contribution in [1.82, 2.24) is 14.9 Å². The molecule has 0 radical (unpaired) electrons. The largest absolute Gasteiger partial charge is 0.465 e. The van der Waals surface area contributed by atoms with Crippen LogP contribution < -0.4 is 5.32 Å². The van der Waals surface area contributed by atoms with E-state index in [0.29, 0.717) is 18.9 Å². The summed E-state index contributed by atoms with van der Waals surface area (Å²) in [6, 6.07) is 0.133. The maximum Gasteiger partial charge on any atom is 0.407 e. The van der Waals surface area contributed by atoms with Gasteiger partial charge in [0, 0.05) is 19.1 Å². The molecule has 0 bridgehead atoms. The lowest BCUT2D eigenvalue weighted by atomic mass is 10.2. The van der Waals surface area contributed by atoms with Gasteiger partial charge in [0.25, 0.3) is 0 Å². The summed E-state index contributed by atoms with van der Waals surface area (Å²) in [5.74, 6) is 0.697. The highest BCUT2D eigenvalue weighted by Crippen LogP contribution is 2.13. The number of aryl methyl sites for hydroxylation is 1. The molecule has 16 heavy (non-hydrogen) atoms. The van der Waals surface area contributed by atoms with Crippen molar-refractivity contribution in [3.63, 3.8) is 0 Å². The van der Waals surface area contributed by atoms with Crippen LogP contribution in [0.4, 0.5) is 10.6 Å². The number of rotatable bonds is 2. The van der Waals surface area contributed by atoms with Gasteiger partial charge in [-0.15, -0.1) is 0 Å². The van der Waals surface area contributed by atoms with Crippen LogP contribution in [0.25, 0.3) is 0 Å². The molecule has 1 amide bonds. The Morgan fingerprint density at radius 3 is 2.94 bits per heavy atom.